The van der Waals surface area contributed by atoms with Gasteiger partial charge in [0.1, 0.15) is 0 Å². The molecule has 1 heterocycles. The number of rotatable bonds is 5. The number of carbonyl (C=O) groups is 1. The van der Waals surface area contributed by atoms with Crippen molar-refractivity contribution >= 4 is 14.3 Å². The molecular weight excluding hydrogens is 286 g/mol. The van der Waals surface area contributed by atoms with Crippen LogP contribution in [0.2, 0.25) is 18.1 Å². The predicted molar refractivity (Wildman–Crippen MR) is 85.6 cm³/mol. The van der Waals surface area contributed by atoms with Crippen molar-refractivity contribution in [1.29, 1.82) is 0 Å². The Morgan fingerprint density at radius 1 is 1.29 bits per heavy atom. The van der Waals surface area contributed by atoms with Gasteiger partial charge in [0, 0.05) is 19.3 Å². The fraction of sp³-hybridized carbons (Fsp3) is 0.933. The van der Waals surface area contributed by atoms with Crippen LogP contribution in [0.25, 0.3) is 0 Å². The highest BCUT2D eigenvalue weighted by Gasteiger charge is 2.44. The largest absolute Gasteiger partial charge is 0.467 e. The van der Waals surface area contributed by atoms with Gasteiger partial charge >= 0.3 is 5.97 Å². The third-order valence-corrected chi connectivity index (χ3v) is 9.28. The van der Waals surface area contributed by atoms with E-state index in [4.69, 9.17) is 19.6 Å². The van der Waals surface area contributed by atoms with Gasteiger partial charge in [-0.25, -0.2) is 4.79 Å². The van der Waals surface area contributed by atoms with E-state index in [9.17, 15) is 4.79 Å². The second-order valence-electron chi connectivity index (χ2n) is 7.35. The molecule has 124 valence electrons. The summed E-state index contributed by atoms with van der Waals surface area (Å²) in [6.07, 6.45) is 1.06. The lowest BCUT2D eigenvalue weighted by atomic mass is 9.89. The summed E-state index contributed by atoms with van der Waals surface area (Å²) in [4.78, 5) is 12.2. The fourth-order valence-electron chi connectivity index (χ4n) is 2.24. The van der Waals surface area contributed by atoms with Crippen molar-refractivity contribution in [3.8, 4) is 0 Å². The lowest BCUT2D eigenvalue weighted by molar-refractivity contribution is -0.151. The van der Waals surface area contributed by atoms with Crippen LogP contribution >= 0.6 is 0 Å². The minimum absolute atomic E-state index is 0.0225. The zero-order valence-electron chi connectivity index (χ0n) is 14.3. The van der Waals surface area contributed by atoms with E-state index < -0.39 is 14.4 Å². The molecule has 0 aromatic carbocycles. The number of ether oxygens (including phenoxy) is 2. The molecule has 1 rings (SSSR count). The van der Waals surface area contributed by atoms with Gasteiger partial charge in [0.15, 0.2) is 14.4 Å². The molecule has 2 atom stereocenters. The van der Waals surface area contributed by atoms with Gasteiger partial charge in [-0.3, -0.25) is 0 Å². The third kappa shape index (κ3) is 4.77. The molecule has 1 fully saturated rings. The Labute approximate surface area is 129 Å². The minimum Gasteiger partial charge on any atom is -0.467 e. The first-order chi connectivity index (χ1) is 9.60. The summed E-state index contributed by atoms with van der Waals surface area (Å²) in [5.74, 6) is -0.119. The maximum Gasteiger partial charge on any atom is 0.335 e. The molecule has 2 N–H and O–H groups in total. The average Bonchev–Trinajstić information content (AvgIpc) is 2.43. The topological polar surface area (TPSA) is 70.8 Å². The average molecular weight is 318 g/mol. The SMILES string of the molecule is COC(=O)C(O[Si](C)(C)C(C)(C)C)C(N)C1CCOCC1. The van der Waals surface area contributed by atoms with Gasteiger partial charge < -0.3 is 19.6 Å². The monoisotopic (exact) mass is 317 g/mol. The lowest BCUT2D eigenvalue weighted by Gasteiger charge is -2.41. The quantitative estimate of drug-likeness (QED) is 0.622. The van der Waals surface area contributed by atoms with E-state index in [1.165, 1.54) is 7.11 Å². The van der Waals surface area contributed by atoms with Crippen LogP contribution in [0.15, 0.2) is 0 Å². The summed E-state index contributed by atoms with van der Waals surface area (Å²) in [5, 5.41) is 0.0225. The summed E-state index contributed by atoms with van der Waals surface area (Å²) in [6.45, 7) is 12.1. The number of hydrogen-bond acceptors (Lipinski definition) is 5. The van der Waals surface area contributed by atoms with E-state index in [1.54, 1.807) is 0 Å². The molecule has 6 heteroatoms. The van der Waals surface area contributed by atoms with Gasteiger partial charge in [0.05, 0.1) is 7.11 Å². The Balaban J connectivity index is 2.87. The first-order valence-electron chi connectivity index (χ1n) is 7.69. The second-order valence-corrected chi connectivity index (χ2v) is 12.1. The van der Waals surface area contributed by atoms with E-state index in [2.05, 4.69) is 33.9 Å². The first-order valence-corrected chi connectivity index (χ1v) is 10.6. The van der Waals surface area contributed by atoms with Crippen molar-refractivity contribution < 1.29 is 18.7 Å². The van der Waals surface area contributed by atoms with E-state index in [0.29, 0.717) is 13.2 Å². The van der Waals surface area contributed by atoms with Gasteiger partial charge in [-0.1, -0.05) is 20.8 Å². The number of hydrogen-bond donors (Lipinski definition) is 1. The van der Waals surface area contributed by atoms with Gasteiger partial charge in [-0.05, 0) is 36.9 Å². The maximum atomic E-state index is 12.2. The summed E-state index contributed by atoms with van der Waals surface area (Å²) in [6, 6.07) is -0.338. The Kier molecular flexibility index (Phi) is 6.40. The molecule has 0 aromatic rings. The van der Waals surface area contributed by atoms with Crippen molar-refractivity contribution in [2.75, 3.05) is 20.3 Å². The van der Waals surface area contributed by atoms with Crippen molar-refractivity contribution in [1.82, 2.24) is 0 Å². The van der Waals surface area contributed by atoms with E-state index in [0.717, 1.165) is 12.8 Å². The highest BCUT2D eigenvalue weighted by atomic mass is 28.4. The summed E-state index contributed by atoms with van der Waals surface area (Å²) < 4.78 is 16.6. The van der Waals surface area contributed by atoms with Crippen LogP contribution in [-0.2, 0) is 18.7 Å². The molecule has 0 saturated carbocycles. The molecule has 21 heavy (non-hydrogen) atoms. The van der Waals surface area contributed by atoms with Gasteiger partial charge in [-0.15, -0.1) is 0 Å². The van der Waals surface area contributed by atoms with E-state index >= 15 is 0 Å². The molecule has 0 aliphatic carbocycles. The molecule has 0 amide bonds. The molecule has 1 aliphatic rings. The maximum absolute atomic E-state index is 12.2. The van der Waals surface area contributed by atoms with Crippen LogP contribution in [0.4, 0.5) is 0 Å². The molecule has 1 saturated heterocycles. The van der Waals surface area contributed by atoms with E-state index in [1.807, 2.05) is 0 Å². The molecule has 0 radical (unpaired) electrons. The summed E-state index contributed by atoms with van der Waals surface area (Å²) >= 11 is 0. The molecule has 2 unspecified atom stereocenters. The highest BCUT2D eigenvalue weighted by Crippen LogP contribution is 2.38. The zero-order valence-corrected chi connectivity index (χ0v) is 15.3. The molecular formula is C15H31NO4Si. The van der Waals surface area contributed by atoms with E-state index in [-0.39, 0.29) is 23.0 Å². The normalized spacial score (nSPS) is 20.9. The van der Waals surface area contributed by atoms with Crippen LogP contribution in [0.1, 0.15) is 33.6 Å². The Bertz CT molecular complexity index is 348. The molecule has 0 bridgehead atoms. The van der Waals surface area contributed by atoms with Crippen LogP contribution in [-0.4, -0.2) is 46.8 Å². The summed E-state index contributed by atoms with van der Waals surface area (Å²) in [5.41, 5.74) is 6.36. The third-order valence-electron chi connectivity index (χ3n) is 4.82. The van der Waals surface area contributed by atoms with Gasteiger partial charge in [-0.2, -0.15) is 0 Å². The highest BCUT2D eigenvalue weighted by molar-refractivity contribution is 6.74. The van der Waals surface area contributed by atoms with Crippen molar-refractivity contribution in [2.24, 2.45) is 11.7 Å². The zero-order chi connectivity index (χ0) is 16.3. The minimum atomic E-state index is -2.09. The first kappa shape index (κ1) is 18.6. The number of nitrogens with two attached hydrogens (primary N) is 1. The standard InChI is InChI=1S/C15H31NO4Si/c1-15(2,3)21(5,6)20-13(14(17)18-4)12(16)11-7-9-19-10-8-11/h11-13H,7-10,16H2,1-6H3. The van der Waals surface area contributed by atoms with Gasteiger partial charge in [0.25, 0.3) is 0 Å². The number of esters is 1. The second kappa shape index (κ2) is 7.22. The number of methoxy groups -OCH3 is 1. The molecule has 0 spiro atoms. The van der Waals surface area contributed by atoms with Crippen LogP contribution in [0.5, 0.6) is 0 Å². The Morgan fingerprint density at radius 3 is 2.24 bits per heavy atom. The smallest absolute Gasteiger partial charge is 0.335 e. The fourth-order valence-corrected chi connectivity index (χ4v) is 3.48. The molecule has 0 aromatic heterocycles. The summed E-state index contributed by atoms with van der Waals surface area (Å²) in [7, 11) is -0.696. The number of carbonyl (C=O) groups excluding carboxylic acids is 1. The Morgan fingerprint density at radius 2 is 1.81 bits per heavy atom. The van der Waals surface area contributed by atoms with Crippen LogP contribution in [0.3, 0.4) is 0 Å². The molecule has 5 nitrogen and oxygen atoms in total. The molecule has 1 aliphatic heterocycles. The van der Waals surface area contributed by atoms with Crippen LogP contribution < -0.4 is 5.73 Å². The van der Waals surface area contributed by atoms with Crippen molar-refractivity contribution in [3.63, 3.8) is 0 Å². The predicted octanol–water partition coefficient (Wildman–Crippen LogP) is 2.30. The van der Waals surface area contributed by atoms with Gasteiger partial charge in [0.2, 0.25) is 0 Å². The van der Waals surface area contributed by atoms with Crippen molar-refractivity contribution in [3.05, 3.63) is 0 Å². The Hall–Kier alpha value is -0.433. The van der Waals surface area contributed by atoms with Crippen molar-refractivity contribution in [2.45, 2.75) is 63.9 Å². The lowest BCUT2D eigenvalue weighted by Crippen LogP contribution is -2.55. The van der Waals surface area contributed by atoms with Crippen LogP contribution in [0, 0.1) is 5.92 Å².